The average Bonchev–Trinajstić information content (AvgIpc) is 2.91. The fourth-order valence-corrected chi connectivity index (χ4v) is 5.01. The van der Waals surface area contributed by atoms with E-state index in [1.165, 1.54) is 11.1 Å². The third-order valence-corrected chi connectivity index (χ3v) is 7.13. The molecule has 0 N–H and O–H groups in total. The van der Waals surface area contributed by atoms with Gasteiger partial charge in [0.2, 0.25) is 0 Å². The average molecular weight is 499 g/mol. The van der Waals surface area contributed by atoms with Gasteiger partial charge >= 0.3 is 0 Å². The van der Waals surface area contributed by atoms with Crippen LogP contribution in [-0.4, -0.2) is 48.4 Å². The Morgan fingerprint density at radius 1 is 0.889 bits per heavy atom. The van der Waals surface area contributed by atoms with E-state index in [0.717, 1.165) is 46.6 Å². The van der Waals surface area contributed by atoms with Crippen LogP contribution in [0.5, 0.6) is 0 Å². The van der Waals surface area contributed by atoms with Crippen molar-refractivity contribution in [3.63, 3.8) is 0 Å². The van der Waals surface area contributed by atoms with Gasteiger partial charge in [0.05, 0.1) is 12.7 Å². The molecule has 1 aliphatic rings. The van der Waals surface area contributed by atoms with Crippen molar-refractivity contribution in [2.45, 2.75) is 19.6 Å². The largest absolute Gasteiger partial charge is 0.368 e. The topological polar surface area (TPSA) is 32.8 Å². The summed E-state index contributed by atoms with van der Waals surface area (Å²) in [5.74, 6) is 0.108. The molecule has 0 aliphatic carbocycles. The number of fused-ring (bicyclic) bond motifs is 1. The first-order valence-corrected chi connectivity index (χ1v) is 12.9. The molecular formula is C31H31ClN2O2. The van der Waals surface area contributed by atoms with E-state index in [0.29, 0.717) is 19.7 Å². The first kappa shape index (κ1) is 24.5. The standard InChI is InChI=1S/C31H31ClN2O2/c1-23-6-4-7-24(20-23)22-36-30(26-12-14-27(32)15-13-26)21-33-16-18-34(19-17-33)31(35)29-11-5-9-25-8-2-3-10-28(25)29/h2-15,20,30H,16-19,21-22H2,1H3/t30-/m0/s1. The maximum absolute atomic E-state index is 13.4. The van der Waals surface area contributed by atoms with Crippen LogP contribution in [-0.2, 0) is 11.3 Å². The summed E-state index contributed by atoms with van der Waals surface area (Å²) in [4.78, 5) is 17.7. The molecule has 4 aromatic rings. The quantitative estimate of drug-likeness (QED) is 0.291. The van der Waals surface area contributed by atoms with E-state index in [2.05, 4.69) is 48.2 Å². The number of hydrogen-bond donors (Lipinski definition) is 0. The van der Waals surface area contributed by atoms with Gasteiger partial charge in [0.25, 0.3) is 5.91 Å². The highest BCUT2D eigenvalue weighted by Gasteiger charge is 2.25. The minimum Gasteiger partial charge on any atom is -0.368 e. The number of amides is 1. The Hall–Kier alpha value is -3.18. The second-order valence-corrected chi connectivity index (χ2v) is 9.90. The van der Waals surface area contributed by atoms with Crippen molar-refractivity contribution in [2.24, 2.45) is 0 Å². The van der Waals surface area contributed by atoms with Crippen LogP contribution in [0.25, 0.3) is 10.8 Å². The Bertz CT molecular complexity index is 1320. The van der Waals surface area contributed by atoms with Crippen LogP contribution in [0.1, 0.15) is 33.2 Å². The van der Waals surface area contributed by atoms with Gasteiger partial charge in [-0.15, -0.1) is 0 Å². The molecule has 1 saturated heterocycles. The van der Waals surface area contributed by atoms with Gasteiger partial charge in [-0.05, 0) is 47.0 Å². The number of hydrogen-bond acceptors (Lipinski definition) is 3. The molecule has 5 heteroatoms. The number of ether oxygens (including phenoxy) is 1. The zero-order chi connectivity index (χ0) is 24.9. The van der Waals surface area contributed by atoms with Crippen LogP contribution >= 0.6 is 11.6 Å². The Balaban J connectivity index is 1.24. The molecule has 4 aromatic carbocycles. The van der Waals surface area contributed by atoms with E-state index in [4.69, 9.17) is 16.3 Å². The Morgan fingerprint density at radius 2 is 1.61 bits per heavy atom. The van der Waals surface area contributed by atoms with Crippen molar-refractivity contribution in [3.05, 3.63) is 118 Å². The second kappa shape index (κ2) is 11.3. The van der Waals surface area contributed by atoms with Crippen LogP contribution < -0.4 is 0 Å². The SMILES string of the molecule is Cc1cccc(CO[C@@H](CN2CCN(C(=O)c3cccc4ccccc34)CC2)c2ccc(Cl)cc2)c1. The van der Waals surface area contributed by atoms with Crippen LogP contribution in [0.2, 0.25) is 5.02 Å². The molecular weight excluding hydrogens is 468 g/mol. The van der Waals surface area contributed by atoms with Gasteiger partial charge in [-0.1, -0.05) is 90.0 Å². The summed E-state index contributed by atoms with van der Waals surface area (Å²) in [6, 6.07) is 30.4. The summed E-state index contributed by atoms with van der Waals surface area (Å²) in [6.45, 7) is 6.45. The third kappa shape index (κ3) is 5.79. The van der Waals surface area contributed by atoms with Crippen LogP contribution in [0.3, 0.4) is 0 Å². The van der Waals surface area contributed by atoms with E-state index in [1.54, 1.807) is 0 Å². The highest BCUT2D eigenvalue weighted by molar-refractivity contribution is 6.30. The Labute approximate surface area is 218 Å². The van der Waals surface area contributed by atoms with Crippen molar-refractivity contribution in [3.8, 4) is 0 Å². The van der Waals surface area contributed by atoms with Crippen molar-refractivity contribution < 1.29 is 9.53 Å². The molecule has 184 valence electrons. The lowest BCUT2D eigenvalue weighted by Crippen LogP contribution is -2.49. The molecule has 0 saturated carbocycles. The number of halogens is 1. The zero-order valence-electron chi connectivity index (χ0n) is 20.6. The summed E-state index contributed by atoms with van der Waals surface area (Å²) in [5, 5.41) is 2.83. The number of piperazine rings is 1. The van der Waals surface area contributed by atoms with E-state index in [-0.39, 0.29) is 12.0 Å². The number of benzene rings is 4. The molecule has 0 bridgehead atoms. The number of rotatable bonds is 7. The molecule has 1 heterocycles. The highest BCUT2D eigenvalue weighted by atomic mass is 35.5. The fourth-order valence-electron chi connectivity index (χ4n) is 4.88. The summed E-state index contributed by atoms with van der Waals surface area (Å²) < 4.78 is 6.44. The van der Waals surface area contributed by atoms with Crippen LogP contribution in [0.15, 0.2) is 91.0 Å². The van der Waals surface area contributed by atoms with Gasteiger partial charge in [0, 0.05) is 43.3 Å². The third-order valence-electron chi connectivity index (χ3n) is 6.88. The summed E-state index contributed by atoms with van der Waals surface area (Å²) in [7, 11) is 0. The van der Waals surface area contributed by atoms with Crippen molar-refractivity contribution >= 4 is 28.3 Å². The number of carbonyl (C=O) groups is 1. The predicted molar refractivity (Wildman–Crippen MR) is 146 cm³/mol. The van der Waals surface area contributed by atoms with Gasteiger partial charge < -0.3 is 9.64 Å². The first-order chi connectivity index (χ1) is 17.6. The normalized spacial score (nSPS) is 15.2. The molecule has 36 heavy (non-hydrogen) atoms. The maximum Gasteiger partial charge on any atom is 0.254 e. The van der Waals surface area contributed by atoms with E-state index in [1.807, 2.05) is 59.5 Å². The summed E-state index contributed by atoms with van der Waals surface area (Å²) >= 11 is 6.14. The first-order valence-electron chi connectivity index (χ1n) is 12.5. The minimum absolute atomic E-state index is 0.0805. The maximum atomic E-state index is 13.4. The molecule has 1 atom stereocenters. The van der Waals surface area contributed by atoms with Crippen LogP contribution in [0.4, 0.5) is 0 Å². The highest BCUT2D eigenvalue weighted by Crippen LogP contribution is 2.25. The van der Waals surface area contributed by atoms with E-state index < -0.39 is 0 Å². The number of nitrogens with zero attached hydrogens (tertiary/aromatic N) is 2. The van der Waals surface area contributed by atoms with Crippen LogP contribution in [0, 0.1) is 6.92 Å². The van der Waals surface area contributed by atoms with Crippen molar-refractivity contribution in [2.75, 3.05) is 32.7 Å². The molecule has 1 fully saturated rings. The van der Waals surface area contributed by atoms with Gasteiger partial charge in [0.15, 0.2) is 0 Å². The van der Waals surface area contributed by atoms with Crippen molar-refractivity contribution in [1.82, 2.24) is 9.80 Å². The number of carbonyl (C=O) groups excluding carboxylic acids is 1. The Kier molecular flexibility index (Phi) is 7.66. The molecule has 1 amide bonds. The van der Waals surface area contributed by atoms with Gasteiger partial charge in [0.1, 0.15) is 0 Å². The molecule has 5 rings (SSSR count). The summed E-state index contributed by atoms with van der Waals surface area (Å²) in [5.41, 5.74) is 4.29. The number of aryl methyl sites for hydroxylation is 1. The molecule has 0 unspecified atom stereocenters. The molecule has 0 radical (unpaired) electrons. The van der Waals surface area contributed by atoms with E-state index in [9.17, 15) is 4.79 Å². The van der Waals surface area contributed by atoms with Gasteiger partial charge in [-0.25, -0.2) is 0 Å². The van der Waals surface area contributed by atoms with E-state index >= 15 is 0 Å². The summed E-state index contributed by atoms with van der Waals surface area (Å²) in [6.07, 6.45) is -0.0805. The smallest absolute Gasteiger partial charge is 0.254 e. The predicted octanol–water partition coefficient (Wildman–Crippen LogP) is 6.52. The Morgan fingerprint density at radius 3 is 2.39 bits per heavy atom. The second-order valence-electron chi connectivity index (χ2n) is 9.46. The molecule has 0 aromatic heterocycles. The monoisotopic (exact) mass is 498 g/mol. The minimum atomic E-state index is -0.0805. The fraction of sp³-hybridized carbons (Fsp3) is 0.258. The molecule has 0 spiro atoms. The zero-order valence-corrected chi connectivity index (χ0v) is 21.3. The lowest BCUT2D eigenvalue weighted by atomic mass is 10.0. The van der Waals surface area contributed by atoms with Gasteiger partial charge in [-0.3, -0.25) is 9.69 Å². The lowest BCUT2D eigenvalue weighted by Gasteiger charge is -2.36. The molecule has 1 aliphatic heterocycles. The van der Waals surface area contributed by atoms with Crippen molar-refractivity contribution in [1.29, 1.82) is 0 Å². The molecule has 4 nitrogen and oxygen atoms in total. The van der Waals surface area contributed by atoms with Gasteiger partial charge in [-0.2, -0.15) is 0 Å². The lowest BCUT2D eigenvalue weighted by molar-refractivity contribution is 0.00343.